The molecule has 0 fully saturated rings. The van der Waals surface area contributed by atoms with Crippen LogP contribution in [0.5, 0.6) is 23.1 Å². The summed E-state index contributed by atoms with van der Waals surface area (Å²) in [7, 11) is -0.958. The highest BCUT2D eigenvalue weighted by Gasteiger charge is 2.18. The quantitative estimate of drug-likeness (QED) is 0.462. The van der Waals surface area contributed by atoms with Gasteiger partial charge >= 0.3 is 0 Å². The predicted octanol–water partition coefficient (Wildman–Crippen LogP) is 3.83. The van der Waals surface area contributed by atoms with Crippen molar-refractivity contribution in [1.82, 2.24) is 10.3 Å². The van der Waals surface area contributed by atoms with E-state index in [1.54, 1.807) is 36.4 Å². The summed E-state index contributed by atoms with van der Waals surface area (Å²) in [6.45, 7) is 2.50. The van der Waals surface area contributed by atoms with E-state index < -0.39 is 10.0 Å². The van der Waals surface area contributed by atoms with Gasteiger partial charge in [0.2, 0.25) is 5.88 Å². The molecule has 0 aliphatic rings. The Balaban J connectivity index is 1.75. The van der Waals surface area contributed by atoms with Gasteiger partial charge in [0.25, 0.3) is 15.9 Å². The number of amides is 1. The number of anilines is 1. The van der Waals surface area contributed by atoms with Crippen LogP contribution >= 0.6 is 0 Å². The number of rotatable bonds is 10. The summed E-state index contributed by atoms with van der Waals surface area (Å²) < 4.78 is 44.1. The van der Waals surface area contributed by atoms with Gasteiger partial charge in [0.1, 0.15) is 11.3 Å². The number of carbonyl (C=O) groups excluding carboxylic acids is 1. The van der Waals surface area contributed by atoms with Crippen molar-refractivity contribution in [2.45, 2.75) is 18.2 Å². The van der Waals surface area contributed by atoms with Crippen LogP contribution in [-0.4, -0.2) is 40.1 Å². The molecule has 0 spiro atoms. The first-order valence-corrected chi connectivity index (χ1v) is 11.6. The zero-order valence-corrected chi connectivity index (χ0v) is 19.3. The number of hydrogen-bond donors (Lipinski definition) is 2. The van der Waals surface area contributed by atoms with Gasteiger partial charge in [-0.1, -0.05) is 6.92 Å². The van der Waals surface area contributed by atoms with Crippen LogP contribution in [0.15, 0.2) is 65.7 Å². The molecule has 0 aliphatic heterocycles. The Labute approximate surface area is 192 Å². The minimum Gasteiger partial charge on any atom is -0.493 e. The van der Waals surface area contributed by atoms with Crippen molar-refractivity contribution in [3.63, 3.8) is 0 Å². The minimum absolute atomic E-state index is 0.0247. The van der Waals surface area contributed by atoms with Crippen molar-refractivity contribution in [1.29, 1.82) is 0 Å². The summed E-state index contributed by atoms with van der Waals surface area (Å²) in [5.74, 6) is 1.00. The fourth-order valence-corrected chi connectivity index (χ4v) is 3.95. The molecule has 33 heavy (non-hydrogen) atoms. The van der Waals surface area contributed by atoms with Crippen LogP contribution in [0.3, 0.4) is 0 Å². The number of carbonyl (C=O) groups is 1. The van der Waals surface area contributed by atoms with Crippen LogP contribution in [0.1, 0.15) is 23.7 Å². The highest BCUT2D eigenvalue weighted by atomic mass is 32.2. The standard InChI is InChI=1S/C23H25N3O6S/c1-4-13-24-22(27)19-6-5-14-25-23(19)32-17-9-7-16(8-10-17)26-33(28,29)18-11-12-20(30-2)21(15-18)31-3/h5-12,14-15,26H,4,13H2,1-3H3,(H,24,27). The van der Waals surface area contributed by atoms with Crippen LogP contribution < -0.4 is 24.2 Å². The van der Waals surface area contributed by atoms with Gasteiger partial charge in [-0.3, -0.25) is 9.52 Å². The summed E-state index contributed by atoms with van der Waals surface area (Å²) in [5.41, 5.74) is 0.642. The Morgan fingerprint density at radius 1 is 1.00 bits per heavy atom. The van der Waals surface area contributed by atoms with Crippen molar-refractivity contribution < 1.29 is 27.4 Å². The first-order chi connectivity index (χ1) is 15.9. The monoisotopic (exact) mass is 471 g/mol. The summed E-state index contributed by atoms with van der Waals surface area (Å²) >= 11 is 0. The Bertz CT molecular complexity index is 1210. The zero-order valence-electron chi connectivity index (χ0n) is 18.5. The number of aromatic nitrogens is 1. The number of benzene rings is 2. The second kappa shape index (κ2) is 10.7. The fraction of sp³-hybridized carbons (Fsp3) is 0.217. The lowest BCUT2D eigenvalue weighted by molar-refractivity contribution is 0.0950. The molecule has 174 valence electrons. The average molecular weight is 472 g/mol. The normalized spacial score (nSPS) is 10.9. The van der Waals surface area contributed by atoms with E-state index in [-0.39, 0.29) is 16.7 Å². The molecule has 1 amide bonds. The van der Waals surface area contributed by atoms with Crippen molar-refractivity contribution in [2.75, 3.05) is 25.5 Å². The topological polar surface area (TPSA) is 116 Å². The van der Waals surface area contributed by atoms with Gasteiger partial charge in [-0.15, -0.1) is 0 Å². The average Bonchev–Trinajstić information content (AvgIpc) is 2.83. The van der Waals surface area contributed by atoms with Gasteiger partial charge in [0.15, 0.2) is 11.5 Å². The van der Waals surface area contributed by atoms with Crippen molar-refractivity contribution in [2.24, 2.45) is 0 Å². The molecule has 2 aromatic carbocycles. The van der Waals surface area contributed by atoms with E-state index in [9.17, 15) is 13.2 Å². The predicted molar refractivity (Wildman–Crippen MR) is 124 cm³/mol. The molecule has 9 nitrogen and oxygen atoms in total. The molecule has 2 N–H and O–H groups in total. The number of ether oxygens (including phenoxy) is 3. The molecule has 3 aromatic rings. The highest BCUT2D eigenvalue weighted by Crippen LogP contribution is 2.30. The molecule has 0 atom stereocenters. The van der Waals surface area contributed by atoms with Crippen LogP contribution in [0.4, 0.5) is 5.69 Å². The minimum atomic E-state index is -3.86. The van der Waals surface area contributed by atoms with Gasteiger partial charge in [-0.2, -0.15) is 0 Å². The largest absolute Gasteiger partial charge is 0.493 e. The van der Waals surface area contributed by atoms with Crippen LogP contribution in [-0.2, 0) is 10.0 Å². The number of pyridine rings is 1. The molecule has 0 bridgehead atoms. The van der Waals surface area contributed by atoms with Crippen molar-refractivity contribution >= 4 is 21.6 Å². The van der Waals surface area contributed by atoms with Crippen LogP contribution in [0.25, 0.3) is 0 Å². The molecule has 0 radical (unpaired) electrons. The zero-order chi connectivity index (χ0) is 23.8. The van der Waals surface area contributed by atoms with Crippen LogP contribution in [0.2, 0.25) is 0 Å². The number of hydrogen-bond acceptors (Lipinski definition) is 7. The van der Waals surface area contributed by atoms with Crippen LogP contribution in [0, 0.1) is 0 Å². The van der Waals surface area contributed by atoms with Gasteiger partial charge in [0.05, 0.1) is 19.1 Å². The number of nitrogens with one attached hydrogen (secondary N) is 2. The molecule has 0 saturated heterocycles. The first-order valence-electron chi connectivity index (χ1n) is 10.1. The van der Waals surface area contributed by atoms with E-state index in [1.807, 2.05) is 6.92 Å². The molecule has 3 rings (SSSR count). The van der Waals surface area contributed by atoms with E-state index >= 15 is 0 Å². The van der Waals surface area contributed by atoms with E-state index in [0.29, 0.717) is 35.0 Å². The maximum atomic E-state index is 12.8. The maximum Gasteiger partial charge on any atom is 0.262 e. The third-order valence-corrected chi connectivity index (χ3v) is 5.92. The molecule has 10 heteroatoms. The van der Waals surface area contributed by atoms with Gasteiger partial charge in [0, 0.05) is 24.5 Å². The summed E-state index contributed by atoms with van der Waals surface area (Å²) in [6, 6.07) is 13.9. The Morgan fingerprint density at radius 3 is 2.39 bits per heavy atom. The van der Waals surface area contributed by atoms with Gasteiger partial charge in [-0.05, 0) is 55.0 Å². The summed E-state index contributed by atoms with van der Waals surface area (Å²) in [6.07, 6.45) is 2.33. The third-order valence-electron chi connectivity index (χ3n) is 4.54. The molecule has 0 saturated carbocycles. The molecular weight excluding hydrogens is 446 g/mol. The smallest absolute Gasteiger partial charge is 0.262 e. The third kappa shape index (κ3) is 5.92. The molecule has 1 heterocycles. The van der Waals surface area contributed by atoms with Crippen molar-refractivity contribution in [3.05, 3.63) is 66.4 Å². The number of methoxy groups -OCH3 is 2. The lowest BCUT2D eigenvalue weighted by Crippen LogP contribution is -2.24. The summed E-state index contributed by atoms with van der Waals surface area (Å²) in [5, 5.41) is 2.79. The van der Waals surface area contributed by atoms with Crippen molar-refractivity contribution in [3.8, 4) is 23.1 Å². The Kier molecular flexibility index (Phi) is 7.73. The van der Waals surface area contributed by atoms with Gasteiger partial charge in [-0.25, -0.2) is 13.4 Å². The maximum absolute atomic E-state index is 12.8. The molecular formula is C23H25N3O6S. The molecule has 1 aromatic heterocycles. The molecule has 0 unspecified atom stereocenters. The highest BCUT2D eigenvalue weighted by molar-refractivity contribution is 7.92. The lowest BCUT2D eigenvalue weighted by Gasteiger charge is -2.13. The lowest BCUT2D eigenvalue weighted by atomic mass is 10.2. The second-order valence-electron chi connectivity index (χ2n) is 6.86. The number of nitrogens with zero attached hydrogens (tertiary/aromatic N) is 1. The van der Waals surface area contributed by atoms with E-state index in [2.05, 4.69) is 15.0 Å². The Hall–Kier alpha value is -3.79. The SMILES string of the molecule is CCCNC(=O)c1cccnc1Oc1ccc(NS(=O)(=O)c2ccc(OC)c(OC)c2)cc1. The second-order valence-corrected chi connectivity index (χ2v) is 8.54. The molecule has 0 aliphatic carbocycles. The Morgan fingerprint density at radius 2 is 1.73 bits per heavy atom. The fourth-order valence-electron chi connectivity index (χ4n) is 2.88. The summed E-state index contributed by atoms with van der Waals surface area (Å²) in [4.78, 5) is 16.5. The van der Waals surface area contributed by atoms with E-state index in [0.717, 1.165) is 6.42 Å². The first kappa shape index (κ1) is 23.9. The van der Waals surface area contributed by atoms with Gasteiger partial charge < -0.3 is 19.5 Å². The van der Waals surface area contributed by atoms with E-state index in [1.165, 1.54) is 38.6 Å². The number of sulfonamides is 1. The van der Waals surface area contributed by atoms with E-state index in [4.69, 9.17) is 14.2 Å².